The average molecular weight is 317 g/mol. The number of likely N-dealkylation sites (tertiary alicyclic amines) is 2. The molecule has 0 spiro atoms. The fraction of sp³-hybridized carbons (Fsp3) is 0.667. The summed E-state index contributed by atoms with van der Waals surface area (Å²) in [4.78, 5) is 27.8. The Morgan fingerprint density at radius 2 is 1.87 bits per heavy atom. The van der Waals surface area contributed by atoms with E-state index in [-0.39, 0.29) is 11.5 Å². The molecule has 0 bridgehead atoms. The number of piperidine rings is 2. The van der Waals surface area contributed by atoms with E-state index in [9.17, 15) is 9.59 Å². The number of pyridine rings is 1. The Balaban J connectivity index is 1.51. The molecule has 1 unspecified atom stereocenters. The van der Waals surface area contributed by atoms with Crippen LogP contribution in [0.2, 0.25) is 0 Å². The molecule has 2 aliphatic rings. The first kappa shape index (κ1) is 16.2. The van der Waals surface area contributed by atoms with Crippen molar-refractivity contribution in [2.24, 2.45) is 13.0 Å². The van der Waals surface area contributed by atoms with Gasteiger partial charge in [-0.1, -0.05) is 0 Å². The van der Waals surface area contributed by atoms with Crippen molar-refractivity contribution >= 4 is 5.91 Å². The molecular weight excluding hydrogens is 290 g/mol. The summed E-state index contributed by atoms with van der Waals surface area (Å²) in [6, 6.07) is 3.88. The zero-order valence-electron chi connectivity index (χ0n) is 14.2. The minimum Gasteiger partial charge on any atom is -0.345 e. The van der Waals surface area contributed by atoms with Crippen molar-refractivity contribution in [1.82, 2.24) is 14.4 Å². The van der Waals surface area contributed by atoms with Gasteiger partial charge in [-0.15, -0.1) is 0 Å². The van der Waals surface area contributed by atoms with Crippen LogP contribution in [0.4, 0.5) is 0 Å². The third-order valence-electron chi connectivity index (χ3n) is 5.43. The number of carbonyl (C=O) groups is 1. The summed E-state index contributed by atoms with van der Waals surface area (Å²) in [7, 11) is 3.71. The van der Waals surface area contributed by atoms with Crippen LogP contribution in [-0.4, -0.2) is 53.5 Å². The van der Waals surface area contributed by atoms with Crippen molar-refractivity contribution in [3.63, 3.8) is 0 Å². The maximum Gasteiger partial charge on any atom is 0.250 e. The van der Waals surface area contributed by atoms with Gasteiger partial charge in [-0.2, -0.15) is 0 Å². The fourth-order valence-electron chi connectivity index (χ4n) is 3.88. The minimum absolute atomic E-state index is 0.0832. The highest BCUT2D eigenvalue weighted by molar-refractivity contribution is 5.76. The zero-order chi connectivity index (χ0) is 16.4. The van der Waals surface area contributed by atoms with E-state index in [2.05, 4.69) is 11.0 Å². The molecular formula is C18H27N3O2. The van der Waals surface area contributed by atoms with E-state index in [1.807, 2.05) is 18.1 Å². The van der Waals surface area contributed by atoms with Gasteiger partial charge in [-0.25, -0.2) is 0 Å². The molecule has 1 aromatic heterocycles. The van der Waals surface area contributed by atoms with Crippen LogP contribution in [0.5, 0.6) is 0 Å². The van der Waals surface area contributed by atoms with Crippen LogP contribution >= 0.6 is 0 Å². The van der Waals surface area contributed by atoms with Gasteiger partial charge < -0.3 is 14.4 Å². The van der Waals surface area contributed by atoms with Crippen molar-refractivity contribution < 1.29 is 4.79 Å². The third-order valence-corrected chi connectivity index (χ3v) is 5.43. The summed E-state index contributed by atoms with van der Waals surface area (Å²) < 4.78 is 1.62. The van der Waals surface area contributed by atoms with E-state index in [4.69, 9.17) is 0 Å². The molecule has 0 radical (unpaired) electrons. The van der Waals surface area contributed by atoms with Gasteiger partial charge >= 0.3 is 0 Å². The molecule has 5 nitrogen and oxygen atoms in total. The van der Waals surface area contributed by atoms with Gasteiger partial charge in [0.25, 0.3) is 5.56 Å². The number of aryl methyl sites for hydroxylation is 1. The van der Waals surface area contributed by atoms with Gasteiger partial charge in [0, 0.05) is 45.9 Å². The van der Waals surface area contributed by atoms with Crippen LogP contribution in [-0.2, 0) is 11.8 Å². The topological polar surface area (TPSA) is 45.5 Å². The Hall–Kier alpha value is -1.62. The van der Waals surface area contributed by atoms with Gasteiger partial charge in [-0.05, 0) is 55.8 Å². The van der Waals surface area contributed by atoms with Crippen LogP contribution in [0.1, 0.15) is 37.2 Å². The lowest BCUT2D eigenvalue weighted by Gasteiger charge is -2.37. The summed E-state index contributed by atoms with van der Waals surface area (Å²) in [6.45, 7) is 4.18. The standard InChI is InChI=1S/C18H27N3O2/c1-19-8-5-16(11-18(19)23)15-6-9-21(10-7-15)13-14-3-4-17(22)20(2)12-14/h5,8,11,14-15H,3-4,6-7,9-10,12-13H2,1-2H3. The lowest BCUT2D eigenvalue weighted by molar-refractivity contribution is -0.133. The smallest absolute Gasteiger partial charge is 0.250 e. The van der Waals surface area contributed by atoms with Crippen molar-refractivity contribution in [2.75, 3.05) is 33.2 Å². The summed E-state index contributed by atoms with van der Waals surface area (Å²) in [5, 5.41) is 0. The molecule has 2 saturated heterocycles. The number of nitrogens with zero attached hydrogens (tertiary/aromatic N) is 3. The molecule has 126 valence electrons. The largest absolute Gasteiger partial charge is 0.345 e. The number of carbonyl (C=O) groups excluding carboxylic acids is 1. The number of rotatable bonds is 3. The van der Waals surface area contributed by atoms with Crippen LogP contribution in [0.25, 0.3) is 0 Å². The molecule has 5 heteroatoms. The second kappa shape index (κ2) is 6.87. The first-order valence-electron chi connectivity index (χ1n) is 8.66. The molecule has 0 aromatic carbocycles. The highest BCUT2D eigenvalue weighted by atomic mass is 16.2. The normalized spacial score (nSPS) is 24.2. The van der Waals surface area contributed by atoms with E-state index >= 15 is 0 Å². The molecule has 0 saturated carbocycles. The predicted octanol–water partition coefficient (Wildman–Crippen LogP) is 1.43. The second-order valence-electron chi connectivity index (χ2n) is 7.16. The van der Waals surface area contributed by atoms with Gasteiger partial charge in [-0.3, -0.25) is 9.59 Å². The van der Waals surface area contributed by atoms with E-state index in [1.54, 1.807) is 17.7 Å². The van der Waals surface area contributed by atoms with Gasteiger partial charge in [0.05, 0.1) is 0 Å². The lowest BCUT2D eigenvalue weighted by atomic mass is 9.89. The molecule has 1 atom stereocenters. The van der Waals surface area contributed by atoms with Gasteiger partial charge in [0.2, 0.25) is 5.91 Å². The minimum atomic E-state index is 0.0832. The number of amides is 1. The van der Waals surface area contributed by atoms with E-state index in [0.29, 0.717) is 18.3 Å². The summed E-state index contributed by atoms with van der Waals surface area (Å²) in [6.07, 6.45) is 5.84. The van der Waals surface area contributed by atoms with Gasteiger partial charge in [0.15, 0.2) is 0 Å². The first-order chi connectivity index (χ1) is 11.0. The van der Waals surface area contributed by atoms with Crippen molar-refractivity contribution in [3.8, 4) is 0 Å². The third kappa shape index (κ3) is 3.83. The molecule has 2 fully saturated rings. The second-order valence-corrected chi connectivity index (χ2v) is 7.16. The van der Waals surface area contributed by atoms with E-state index in [0.717, 1.165) is 45.4 Å². The monoisotopic (exact) mass is 317 g/mol. The highest BCUT2D eigenvalue weighted by Gasteiger charge is 2.27. The molecule has 23 heavy (non-hydrogen) atoms. The van der Waals surface area contributed by atoms with Crippen LogP contribution in [0, 0.1) is 5.92 Å². The average Bonchev–Trinajstić information content (AvgIpc) is 2.54. The fourth-order valence-corrected chi connectivity index (χ4v) is 3.88. The first-order valence-corrected chi connectivity index (χ1v) is 8.66. The summed E-state index contributed by atoms with van der Waals surface area (Å²) in [5.41, 5.74) is 1.27. The summed E-state index contributed by atoms with van der Waals surface area (Å²) >= 11 is 0. The van der Waals surface area contributed by atoms with Crippen LogP contribution < -0.4 is 5.56 Å². The molecule has 0 aliphatic carbocycles. The predicted molar refractivity (Wildman–Crippen MR) is 90.5 cm³/mol. The summed E-state index contributed by atoms with van der Waals surface area (Å²) in [5.74, 6) is 1.40. The van der Waals surface area contributed by atoms with E-state index in [1.165, 1.54) is 5.56 Å². The molecule has 0 N–H and O–H groups in total. The number of hydrogen-bond acceptors (Lipinski definition) is 3. The molecule has 3 rings (SSSR count). The highest BCUT2D eigenvalue weighted by Crippen LogP contribution is 2.28. The molecule has 1 aromatic rings. The maximum absolute atomic E-state index is 11.8. The van der Waals surface area contributed by atoms with Crippen molar-refractivity contribution in [1.29, 1.82) is 0 Å². The van der Waals surface area contributed by atoms with Crippen molar-refractivity contribution in [2.45, 2.75) is 31.6 Å². The Labute approximate surface area is 137 Å². The van der Waals surface area contributed by atoms with Crippen LogP contribution in [0.15, 0.2) is 23.1 Å². The number of aromatic nitrogens is 1. The zero-order valence-corrected chi connectivity index (χ0v) is 14.2. The SMILES string of the molecule is CN1CC(CN2CCC(c3ccn(C)c(=O)c3)CC2)CCC1=O. The quantitative estimate of drug-likeness (QED) is 0.847. The Morgan fingerprint density at radius 1 is 1.13 bits per heavy atom. The van der Waals surface area contributed by atoms with E-state index < -0.39 is 0 Å². The lowest BCUT2D eigenvalue weighted by Crippen LogP contribution is -2.43. The molecule has 3 heterocycles. The maximum atomic E-state index is 11.8. The Bertz CT molecular complexity index is 617. The Morgan fingerprint density at radius 3 is 2.52 bits per heavy atom. The Kier molecular flexibility index (Phi) is 4.85. The van der Waals surface area contributed by atoms with Gasteiger partial charge in [0.1, 0.15) is 0 Å². The van der Waals surface area contributed by atoms with Crippen molar-refractivity contribution in [3.05, 3.63) is 34.2 Å². The molecule has 1 amide bonds. The molecule has 2 aliphatic heterocycles. The number of hydrogen-bond donors (Lipinski definition) is 0. The van der Waals surface area contributed by atoms with Crippen LogP contribution in [0.3, 0.4) is 0 Å².